The molecule has 2 atom stereocenters. The van der Waals surface area contributed by atoms with Gasteiger partial charge in [-0.3, -0.25) is 4.79 Å². The van der Waals surface area contributed by atoms with Crippen molar-refractivity contribution >= 4 is 27.3 Å². The van der Waals surface area contributed by atoms with E-state index in [1.165, 1.54) is 23.5 Å². The maximum Gasteiger partial charge on any atom is 0.271 e. The number of ether oxygens (including phenoxy) is 1. The minimum atomic E-state index is -3.84. The molecule has 0 radical (unpaired) electrons. The lowest BCUT2D eigenvalue weighted by Gasteiger charge is -2.32. The first-order valence-corrected chi connectivity index (χ1v) is 13.8. The summed E-state index contributed by atoms with van der Waals surface area (Å²) in [6.07, 6.45) is 2.97. The van der Waals surface area contributed by atoms with Crippen molar-refractivity contribution in [2.75, 3.05) is 0 Å². The molecule has 2 N–H and O–H groups in total. The third-order valence-corrected chi connectivity index (χ3v) is 8.18. The second-order valence-corrected chi connectivity index (χ2v) is 11.4. The van der Waals surface area contributed by atoms with Crippen LogP contribution in [0.1, 0.15) is 52.3 Å². The number of nitrogens with zero attached hydrogens (tertiary/aromatic N) is 1. The van der Waals surface area contributed by atoms with Crippen LogP contribution >= 0.6 is 11.3 Å². The number of aromatic nitrogens is 1. The van der Waals surface area contributed by atoms with Gasteiger partial charge in [-0.05, 0) is 74.2 Å². The molecule has 1 aliphatic carbocycles. The van der Waals surface area contributed by atoms with Gasteiger partial charge in [0.15, 0.2) is 0 Å². The SMILES string of the molecule is Cc1cc(C)cc(OCc2nc(C(=O)N[C@@H]3CCCC[C@@H]3NS(=O)(=O)c3ccc(F)cc3)cs2)c1. The highest BCUT2D eigenvalue weighted by Crippen LogP contribution is 2.23. The van der Waals surface area contributed by atoms with E-state index in [1.807, 2.05) is 26.0 Å². The third-order valence-electron chi connectivity index (χ3n) is 5.85. The van der Waals surface area contributed by atoms with Crippen molar-refractivity contribution in [1.29, 1.82) is 0 Å². The van der Waals surface area contributed by atoms with Crippen LogP contribution in [0.2, 0.25) is 0 Å². The Labute approximate surface area is 208 Å². The van der Waals surface area contributed by atoms with Gasteiger partial charge in [0, 0.05) is 17.5 Å². The molecule has 1 heterocycles. The molecule has 7 nitrogen and oxygen atoms in total. The lowest BCUT2D eigenvalue weighted by Crippen LogP contribution is -2.53. The van der Waals surface area contributed by atoms with E-state index in [4.69, 9.17) is 4.74 Å². The maximum atomic E-state index is 13.2. The van der Waals surface area contributed by atoms with Gasteiger partial charge in [-0.1, -0.05) is 18.9 Å². The van der Waals surface area contributed by atoms with Crippen LogP contribution < -0.4 is 14.8 Å². The monoisotopic (exact) mass is 517 g/mol. The molecule has 35 heavy (non-hydrogen) atoms. The second-order valence-electron chi connectivity index (χ2n) is 8.78. The lowest BCUT2D eigenvalue weighted by molar-refractivity contribution is 0.0914. The number of rotatable bonds is 8. The van der Waals surface area contributed by atoms with E-state index in [-0.39, 0.29) is 29.1 Å². The van der Waals surface area contributed by atoms with E-state index in [9.17, 15) is 17.6 Å². The van der Waals surface area contributed by atoms with Crippen LogP contribution in [0.4, 0.5) is 4.39 Å². The summed E-state index contributed by atoms with van der Waals surface area (Å²) >= 11 is 1.34. The van der Waals surface area contributed by atoms with Crippen LogP contribution in [0.15, 0.2) is 52.7 Å². The smallest absolute Gasteiger partial charge is 0.271 e. The lowest BCUT2D eigenvalue weighted by atomic mass is 9.91. The number of aryl methyl sites for hydroxylation is 2. The zero-order chi connectivity index (χ0) is 25.0. The number of benzene rings is 2. The van der Waals surface area contributed by atoms with E-state index in [1.54, 1.807) is 5.38 Å². The van der Waals surface area contributed by atoms with Gasteiger partial charge < -0.3 is 10.1 Å². The fourth-order valence-corrected chi connectivity index (χ4v) is 6.21. The quantitative estimate of drug-likeness (QED) is 0.459. The molecule has 2 aromatic carbocycles. The number of nitrogens with one attached hydrogen (secondary N) is 2. The summed E-state index contributed by atoms with van der Waals surface area (Å²) in [5, 5.41) is 5.30. The molecule has 3 aromatic rings. The average Bonchev–Trinajstić information content (AvgIpc) is 3.28. The van der Waals surface area contributed by atoms with Gasteiger partial charge in [-0.15, -0.1) is 11.3 Å². The highest BCUT2D eigenvalue weighted by atomic mass is 32.2. The molecule has 10 heteroatoms. The molecule has 1 aromatic heterocycles. The number of carbonyl (C=O) groups excluding carboxylic acids is 1. The minimum Gasteiger partial charge on any atom is -0.486 e. The molecule has 0 spiro atoms. The standard InChI is InChI=1S/C25H28FN3O4S2/c1-16-11-17(2)13-19(12-16)33-14-24-27-23(15-34-24)25(30)28-21-5-3-4-6-22(21)29-35(31,32)20-9-7-18(26)8-10-20/h7-13,15,21-22,29H,3-6,14H2,1-2H3,(H,28,30)/t21-,22+/m1/s1. The Kier molecular flexibility index (Phi) is 7.83. The minimum absolute atomic E-state index is 0.0116. The zero-order valence-electron chi connectivity index (χ0n) is 19.6. The average molecular weight is 518 g/mol. The molecule has 0 bridgehead atoms. The zero-order valence-corrected chi connectivity index (χ0v) is 21.2. The molecule has 4 rings (SSSR count). The number of hydrogen-bond acceptors (Lipinski definition) is 6. The Bertz CT molecular complexity index is 1270. The van der Waals surface area contributed by atoms with Crippen LogP contribution in [-0.4, -0.2) is 31.4 Å². The molecule has 186 valence electrons. The summed E-state index contributed by atoms with van der Waals surface area (Å²) in [6.45, 7) is 4.26. The van der Waals surface area contributed by atoms with E-state index in [0.717, 1.165) is 41.9 Å². The van der Waals surface area contributed by atoms with Gasteiger partial charge in [0.05, 0.1) is 4.90 Å². The Hall–Kier alpha value is -2.82. The largest absolute Gasteiger partial charge is 0.486 e. The summed E-state index contributed by atoms with van der Waals surface area (Å²) in [5.74, 6) is -0.104. The molecule has 1 aliphatic rings. The van der Waals surface area contributed by atoms with Crippen molar-refractivity contribution in [3.8, 4) is 5.75 Å². The molecule has 1 fully saturated rings. The topological polar surface area (TPSA) is 97.4 Å². The molecule has 1 saturated carbocycles. The van der Waals surface area contributed by atoms with Crippen molar-refractivity contribution in [2.45, 2.75) is 63.1 Å². The van der Waals surface area contributed by atoms with Crippen molar-refractivity contribution in [3.63, 3.8) is 0 Å². The Morgan fingerprint density at radius 1 is 1.09 bits per heavy atom. The van der Waals surface area contributed by atoms with Gasteiger partial charge >= 0.3 is 0 Å². The third kappa shape index (κ3) is 6.65. The van der Waals surface area contributed by atoms with E-state index in [0.29, 0.717) is 17.8 Å². The maximum absolute atomic E-state index is 13.2. The summed E-state index contributed by atoms with van der Waals surface area (Å²) in [4.78, 5) is 17.3. The van der Waals surface area contributed by atoms with Crippen molar-refractivity contribution in [2.24, 2.45) is 0 Å². The van der Waals surface area contributed by atoms with Crippen LogP contribution in [0.25, 0.3) is 0 Å². The summed E-state index contributed by atoms with van der Waals surface area (Å²) in [5.41, 5.74) is 2.49. The molecule has 0 saturated heterocycles. The van der Waals surface area contributed by atoms with Gasteiger partial charge in [0.25, 0.3) is 5.91 Å². The number of hydrogen-bond donors (Lipinski definition) is 2. The molecule has 0 unspecified atom stereocenters. The summed E-state index contributed by atoms with van der Waals surface area (Å²) < 4.78 is 47.3. The van der Waals surface area contributed by atoms with Gasteiger partial charge in [-0.25, -0.2) is 22.5 Å². The number of amides is 1. The predicted octanol–water partition coefficient (Wildman–Crippen LogP) is 4.50. The molecule has 1 amide bonds. The highest BCUT2D eigenvalue weighted by Gasteiger charge is 2.31. The number of carbonyl (C=O) groups is 1. The van der Waals surface area contributed by atoms with Gasteiger partial charge in [-0.2, -0.15) is 0 Å². The van der Waals surface area contributed by atoms with Gasteiger partial charge in [0.1, 0.15) is 28.9 Å². The first-order valence-electron chi connectivity index (χ1n) is 11.4. The van der Waals surface area contributed by atoms with Gasteiger partial charge in [0.2, 0.25) is 10.0 Å². The first-order chi connectivity index (χ1) is 16.7. The fourth-order valence-electron chi connectivity index (χ4n) is 4.21. The van der Waals surface area contributed by atoms with Crippen molar-refractivity contribution < 1.29 is 22.3 Å². The van der Waals surface area contributed by atoms with E-state index in [2.05, 4.69) is 21.1 Å². The van der Waals surface area contributed by atoms with E-state index < -0.39 is 21.9 Å². The van der Waals surface area contributed by atoms with E-state index >= 15 is 0 Å². The Morgan fingerprint density at radius 2 is 1.74 bits per heavy atom. The Balaban J connectivity index is 1.38. The van der Waals surface area contributed by atoms with Crippen molar-refractivity contribution in [3.05, 3.63) is 75.5 Å². The normalized spacial score (nSPS) is 18.3. The Morgan fingerprint density at radius 3 is 2.43 bits per heavy atom. The first kappa shape index (κ1) is 25.3. The van der Waals surface area contributed by atoms with Crippen LogP contribution in [-0.2, 0) is 16.6 Å². The highest BCUT2D eigenvalue weighted by molar-refractivity contribution is 7.89. The number of halogens is 1. The molecular weight excluding hydrogens is 489 g/mol. The van der Waals surface area contributed by atoms with Crippen LogP contribution in [0.5, 0.6) is 5.75 Å². The van der Waals surface area contributed by atoms with Crippen LogP contribution in [0, 0.1) is 19.7 Å². The predicted molar refractivity (Wildman–Crippen MR) is 133 cm³/mol. The fraction of sp³-hybridized carbons (Fsp3) is 0.360. The number of sulfonamides is 1. The second kappa shape index (κ2) is 10.8. The van der Waals surface area contributed by atoms with Crippen LogP contribution in [0.3, 0.4) is 0 Å². The number of thiazole rings is 1. The van der Waals surface area contributed by atoms with Crippen molar-refractivity contribution in [1.82, 2.24) is 15.0 Å². The molecular formula is C25H28FN3O4S2. The molecule has 0 aliphatic heterocycles. The summed E-state index contributed by atoms with van der Waals surface area (Å²) in [7, 11) is -3.84. The summed E-state index contributed by atoms with van der Waals surface area (Å²) in [6, 6.07) is 9.80.